The van der Waals surface area contributed by atoms with Crippen LogP contribution in [0.3, 0.4) is 0 Å². The van der Waals surface area contributed by atoms with Gasteiger partial charge in [-0.05, 0) is 18.3 Å². The quantitative estimate of drug-likeness (QED) is 0.622. The summed E-state index contributed by atoms with van der Waals surface area (Å²) in [6, 6.07) is 0. The highest BCUT2D eigenvalue weighted by atomic mass is 16.5. The Bertz CT molecular complexity index is 112. The third-order valence-corrected chi connectivity index (χ3v) is 2.41. The van der Waals surface area contributed by atoms with Crippen LogP contribution in [0.2, 0.25) is 0 Å². The minimum Gasteiger partial charge on any atom is -0.382 e. The fraction of sp³-hybridized carbons (Fsp3) is 1.00. The van der Waals surface area contributed by atoms with E-state index < -0.39 is 0 Å². The third kappa shape index (κ3) is 2.46. The van der Waals surface area contributed by atoms with Gasteiger partial charge in [-0.2, -0.15) is 0 Å². The van der Waals surface area contributed by atoms with Crippen molar-refractivity contribution in [3.05, 3.63) is 0 Å². The fourth-order valence-corrected chi connectivity index (χ4v) is 1.50. The molecule has 0 amide bonds. The van der Waals surface area contributed by atoms with Gasteiger partial charge < -0.3 is 9.47 Å². The van der Waals surface area contributed by atoms with E-state index in [1.807, 2.05) is 0 Å². The Morgan fingerprint density at radius 1 is 1.55 bits per heavy atom. The zero-order valence-corrected chi connectivity index (χ0v) is 7.67. The van der Waals surface area contributed by atoms with Crippen molar-refractivity contribution in [3.63, 3.8) is 0 Å². The second-order valence-electron chi connectivity index (χ2n) is 3.65. The van der Waals surface area contributed by atoms with Crippen LogP contribution in [0.25, 0.3) is 0 Å². The number of ether oxygens (including phenoxy) is 2. The molecular weight excluding hydrogens is 140 g/mol. The number of rotatable bonds is 3. The molecule has 2 heteroatoms. The molecule has 2 atom stereocenters. The van der Waals surface area contributed by atoms with E-state index >= 15 is 0 Å². The molecule has 11 heavy (non-hydrogen) atoms. The molecule has 0 aromatic heterocycles. The molecular formula is C9H18O2. The van der Waals surface area contributed by atoms with Gasteiger partial charge in [0.25, 0.3) is 0 Å². The van der Waals surface area contributed by atoms with E-state index in [-0.39, 0.29) is 0 Å². The van der Waals surface area contributed by atoms with E-state index in [0.29, 0.717) is 6.10 Å². The predicted octanol–water partition coefficient (Wildman–Crippen LogP) is 1.69. The molecule has 0 aliphatic carbocycles. The molecule has 0 saturated carbocycles. The van der Waals surface area contributed by atoms with Crippen LogP contribution < -0.4 is 0 Å². The first kappa shape index (κ1) is 9.01. The molecule has 2 unspecified atom stereocenters. The molecule has 1 saturated heterocycles. The molecule has 0 N–H and O–H groups in total. The largest absolute Gasteiger partial charge is 0.382 e. The lowest BCUT2D eigenvalue weighted by Gasteiger charge is -2.11. The van der Waals surface area contributed by atoms with Crippen molar-refractivity contribution in [1.82, 2.24) is 0 Å². The van der Waals surface area contributed by atoms with Crippen LogP contribution in [0, 0.1) is 11.8 Å². The molecule has 2 nitrogen and oxygen atoms in total. The molecule has 1 aliphatic rings. The van der Waals surface area contributed by atoms with Crippen LogP contribution in [0.15, 0.2) is 0 Å². The highest BCUT2D eigenvalue weighted by molar-refractivity contribution is 4.75. The molecule has 1 fully saturated rings. The lowest BCUT2D eigenvalue weighted by Crippen LogP contribution is -2.13. The maximum Gasteiger partial charge on any atom is 0.0812 e. The highest BCUT2D eigenvalue weighted by Crippen LogP contribution is 2.25. The summed E-state index contributed by atoms with van der Waals surface area (Å²) in [6.07, 6.45) is 1.53. The Labute approximate surface area is 68.9 Å². The standard InChI is InChI=1S/C9H18O2/c1-7(2)8-4-9(6-10-3)11-5-8/h7-9H,4-6H2,1-3H3. The van der Waals surface area contributed by atoms with Crippen molar-refractivity contribution < 1.29 is 9.47 Å². The van der Waals surface area contributed by atoms with Crippen LogP contribution in [0.5, 0.6) is 0 Å². The molecule has 0 aromatic rings. The number of hydrogen-bond donors (Lipinski definition) is 0. The maximum atomic E-state index is 5.54. The van der Waals surface area contributed by atoms with E-state index in [1.165, 1.54) is 6.42 Å². The Morgan fingerprint density at radius 3 is 2.73 bits per heavy atom. The maximum absolute atomic E-state index is 5.54. The van der Waals surface area contributed by atoms with E-state index in [0.717, 1.165) is 25.0 Å². The summed E-state index contributed by atoms with van der Waals surface area (Å²) in [5, 5.41) is 0. The van der Waals surface area contributed by atoms with Gasteiger partial charge in [0.2, 0.25) is 0 Å². The van der Waals surface area contributed by atoms with Crippen molar-refractivity contribution in [2.24, 2.45) is 11.8 Å². The van der Waals surface area contributed by atoms with Gasteiger partial charge in [-0.15, -0.1) is 0 Å². The average Bonchev–Trinajstić information content (AvgIpc) is 2.37. The van der Waals surface area contributed by atoms with Crippen molar-refractivity contribution in [1.29, 1.82) is 0 Å². The van der Waals surface area contributed by atoms with Gasteiger partial charge in [-0.1, -0.05) is 13.8 Å². The Morgan fingerprint density at radius 2 is 2.27 bits per heavy atom. The third-order valence-electron chi connectivity index (χ3n) is 2.41. The first-order valence-corrected chi connectivity index (χ1v) is 4.34. The SMILES string of the molecule is COCC1CC(C(C)C)CO1. The topological polar surface area (TPSA) is 18.5 Å². The van der Waals surface area contributed by atoms with Gasteiger partial charge in [-0.25, -0.2) is 0 Å². The summed E-state index contributed by atoms with van der Waals surface area (Å²) in [6.45, 7) is 6.18. The first-order valence-electron chi connectivity index (χ1n) is 4.34. The lowest BCUT2D eigenvalue weighted by molar-refractivity contribution is 0.0363. The first-order chi connectivity index (χ1) is 5.24. The zero-order chi connectivity index (χ0) is 8.27. The molecule has 0 radical (unpaired) electrons. The average molecular weight is 158 g/mol. The summed E-state index contributed by atoms with van der Waals surface area (Å²) >= 11 is 0. The van der Waals surface area contributed by atoms with E-state index in [2.05, 4.69) is 13.8 Å². The molecule has 66 valence electrons. The van der Waals surface area contributed by atoms with Gasteiger partial charge >= 0.3 is 0 Å². The molecule has 1 rings (SSSR count). The summed E-state index contributed by atoms with van der Waals surface area (Å²) in [7, 11) is 1.73. The monoisotopic (exact) mass is 158 g/mol. The summed E-state index contributed by atoms with van der Waals surface area (Å²) in [5.41, 5.74) is 0. The smallest absolute Gasteiger partial charge is 0.0812 e. The normalized spacial score (nSPS) is 31.6. The minimum atomic E-state index is 0.354. The predicted molar refractivity (Wildman–Crippen MR) is 44.6 cm³/mol. The van der Waals surface area contributed by atoms with Crippen LogP contribution in [-0.4, -0.2) is 26.4 Å². The van der Waals surface area contributed by atoms with Gasteiger partial charge in [0.05, 0.1) is 19.3 Å². The summed E-state index contributed by atoms with van der Waals surface area (Å²) in [5.74, 6) is 1.49. The fourth-order valence-electron chi connectivity index (χ4n) is 1.50. The zero-order valence-electron chi connectivity index (χ0n) is 7.67. The number of hydrogen-bond acceptors (Lipinski definition) is 2. The van der Waals surface area contributed by atoms with E-state index in [4.69, 9.17) is 9.47 Å². The van der Waals surface area contributed by atoms with E-state index in [1.54, 1.807) is 7.11 Å². The van der Waals surface area contributed by atoms with Crippen molar-refractivity contribution in [2.45, 2.75) is 26.4 Å². The lowest BCUT2D eigenvalue weighted by atomic mass is 9.93. The van der Waals surface area contributed by atoms with Gasteiger partial charge in [0, 0.05) is 7.11 Å². The molecule has 0 bridgehead atoms. The van der Waals surface area contributed by atoms with Gasteiger partial charge in [-0.3, -0.25) is 0 Å². The summed E-state index contributed by atoms with van der Waals surface area (Å²) < 4.78 is 10.6. The second kappa shape index (κ2) is 4.07. The Hall–Kier alpha value is -0.0800. The second-order valence-corrected chi connectivity index (χ2v) is 3.65. The molecule has 0 spiro atoms. The molecule has 1 heterocycles. The highest BCUT2D eigenvalue weighted by Gasteiger charge is 2.27. The van der Waals surface area contributed by atoms with Crippen LogP contribution in [-0.2, 0) is 9.47 Å². The number of methoxy groups -OCH3 is 1. The van der Waals surface area contributed by atoms with Gasteiger partial charge in [0.15, 0.2) is 0 Å². The minimum absolute atomic E-state index is 0.354. The van der Waals surface area contributed by atoms with Crippen LogP contribution in [0.4, 0.5) is 0 Å². The van der Waals surface area contributed by atoms with Crippen LogP contribution in [0.1, 0.15) is 20.3 Å². The Kier molecular flexibility index (Phi) is 3.34. The van der Waals surface area contributed by atoms with E-state index in [9.17, 15) is 0 Å². The van der Waals surface area contributed by atoms with Crippen molar-refractivity contribution in [2.75, 3.05) is 20.3 Å². The van der Waals surface area contributed by atoms with Crippen LogP contribution >= 0.6 is 0 Å². The molecule has 0 aromatic carbocycles. The van der Waals surface area contributed by atoms with Gasteiger partial charge in [0.1, 0.15) is 0 Å². The molecule has 1 aliphatic heterocycles. The van der Waals surface area contributed by atoms with Crippen molar-refractivity contribution in [3.8, 4) is 0 Å². The Balaban J connectivity index is 2.23. The van der Waals surface area contributed by atoms with Crippen molar-refractivity contribution >= 4 is 0 Å². The summed E-state index contributed by atoms with van der Waals surface area (Å²) in [4.78, 5) is 0.